The SMILES string of the molecule is CCN(CCCl)S(=O)(=O)CCOC(C)C. The topological polar surface area (TPSA) is 46.6 Å². The number of sulfonamides is 1. The van der Waals surface area contributed by atoms with Crippen LogP contribution in [0.5, 0.6) is 0 Å². The van der Waals surface area contributed by atoms with Crippen LogP contribution in [-0.4, -0.2) is 50.2 Å². The van der Waals surface area contributed by atoms with Gasteiger partial charge in [0.1, 0.15) is 0 Å². The Morgan fingerprint density at radius 1 is 1.40 bits per heavy atom. The number of hydrogen-bond acceptors (Lipinski definition) is 3. The number of nitrogens with zero attached hydrogens (tertiary/aromatic N) is 1. The molecule has 15 heavy (non-hydrogen) atoms. The molecular formula is C9H20ClNO3S. The normalized spacial score (nSPS) is 12.7. The Morgan fingerprint density at radius 3 is 2.40 bits per heavy atom. The maximum absolute atomic E-state index is 11.7. The van der Waals surface area contributed by atoms with Crippen LogP contribution in [0, 0.1) is 0 Å². The zero-order chi connectivity index (χ0) is 11.9. The third-order valence-electron chi connectivity index (χ3n) is 1.87. The van der Waals surface area contributed by atoms with E-state index in [1.807, 2.05) is 13.8 Å². The summed E-state index contributed by atoms with van der Waals surface area (Å²) in [5, 5.41) is 0. The predicted molar refractivity (Wildman–Crippen MR) is 62.8 cm³/mol. The van der Waals surface area contributed by atoms with Crippen LogP contribution >= 0.6 is 11.6 Å². The van der Waals surface area contributed by atoms with E-state index in [2.05, 4.69) is 0 Å². The van der Waals surface area contributed by atoms with Crippen LogP contribution in [0.4, 0.5) is 0 Å². The van der Waals surface area contributed by atoms with Gasteiger partial charge >= 0.3 is 0 Å². The molecule has 6 heteroatoms. The van der Waals surface area contributed by atoms with E-state index in [1.54, 1.807) is 6.92 Å². The van der Waals surface area contributed by atoms with E-state index in [4.69, 9.17) is 16.3 Å². The molecule has 0 unspecified atom stereocenters. The minimum atomic E-state index is -3.21. The van der Waals surface area contributed by atoms with Crippen molar-refractivity contribution < 1.29 is 13.2 Å². The van der Waals surface area contributed by atoms with Gasteiger partial charge in [-0.25, -0.2) is 12.7 Å². The molecule has 0 bridgehead atoms. The van der Waals surface area contributed by atoms with Gasteiger partial charge < -0.3 is 4.74 Å². The number of halogens is 1. The lowest BCUT2D eigenvalue weighted by Gasteiger charge is -2.19. The van der Waals surface area contributed by atoms with E-state index in [0.717, 1.165) is 0 Å². The third-order valence-corrected chi connectivity index (χ3v) is 3.95. The Labute approximate surface area is 97.6 Å². The Hall–Kier alpha value is 0.160. The molecule has 0 N–H and O–H groups in total. The molecule has 0 saturated heterocycles. The van der Waals surface area contributed by atoms with Crippen molar-refractivity contribution in [1.82, 2.24) is 4.31 Å². The smallest absolute Gasteiger partial charge is 0.216 e. The zero-order valence-electron chi connectivity index (χ0n) is 9.57. The van der Waals surface area contributed by atoms with E-state index in [0.29, 0.717) is 19.0 Å². The van der Waals surface area contributed by atoms with Crippen molar-refractivity contribution in [3.63, 3.8) is 0 Å². The van der Waals surface area contributed by atoms with Gasteiger partial charge in [-0.05, 0) is 13.8 Å². The first-order valence-electron chi connectivity index (χ1n) is 5.09. The lowest BCUT2D eigenvalue weighted by atomic mass is 10.5. The summed E-state index contributed by atoms with van der Waals surface area (Å²) in [5.41, 5.74) is 0. The van der Waals surface area contributed by atoms with E-state index in [-0.39, 0.29) is 18.5 Å². The molecule has 0 fully saturated rings. The average molecular weight is 258 g/mol. The van der Waals surface area contributed by atoms with Gasteiger partial charge in [-0.15, -0.1) is 11.6 Å². The predicted octanol–water partition coefficient (Wildman–Crippen LogP) is 1.30. The summed E-state index contributed by atoms with van der Waals surface area (Å²) in [7, 11) is -3.21. The highest BCUT2D eigenvalue weighted by molar-refractivity contribution is 7.89. The van der Waals surface area contributed by atoms with Gasteiger partial charge in [0.05, 0.1) is 18.5 Å². The molecule has 0 aliphatic rings. The maximum Gasteiger partial charge on any atom is 0.216 e. The molecule has 0 amide bonds. The fourth-order valence-corrected chi connectivity index (χ4v) is 2.74. The molecule has 0 radical (unpaired) electrons. The van der Waals surface area contributed by atoms with Crippen molar-refractivity contribution >= 4 is 21.6 Å². The molecule has 0 saturated carbocycles. The fraction of sp³-hybridized carbons (Fsp3) is 1.00. The first-order valence-corrected chi connectivity index (χ1v) is 7.23. The van der Waals surface area contributed by atoms with Gasteiger partial charge in [0.2, 0.25) is 10.0 Å². The van der Waals surface area contributed by atoms with Crippen molar-refractivity contribution in [2.75, 3.05) is 31.3 Å². The molecule has 0 aromatic rings. The van der Waals surface area contributed by atoms with Crippen LogP contribution in [-0.2, 0) is 14.8 Å². The molecule has 4 nitrogen and oxygen atoms in total. The third kappa shape index (κ3) is 6.35. The quantitative estimate of drug-likeness (QED) is 0.616. The van der Waals surface area contributed by atoms with Gasteiger partial charge in [-0.2, -0.15) is 0 Å². The first-order chi connectivity index (χ1) is 6.94. The molecule has 0 aromatic heterocycles. The summed E-state index contributed by atoms with van der Waals surface area (Å²) in [4.78, 5) is 0. The highest BCUT2D eigenvalue weighted by Gasteiger charge is 2.19. The van der Waals surface area contributed by atoms with Gasteiger partial charge in [0.15, 0.2) is 0 Å². The molecular weight excluding hydrogens is 238 g/mol. The molecule has 0 spiro atoms. The van der Waals surface area contributed by atoms with Crippen LogP contribution in [0.1, 0.15) is 20.8 Å². The highest BCUT2D eigenvalue weighted by Crippen LogP contribution is 2.02. The molecule has 0 aliphatic carbocycles. The Kier molecular flexibility index (Phi) is 7.52. The number of hydrogen-bond donors (Lipinski definition) is 0. The van der Waals surface area contributed by atoms with Crippen molar-refractivity contribution in [1.29, 1.82) is 0 Å². The van der Waals surface area contributed by atoms with E-state index in [9.17, 15) is 8.42 Å². The van der Waals surface area contributed by atoms with Crippen LogP contribution in [0.25, 0.3) is 0 Å². The molecule has 0 aliphatic heterocycles. The standard InChI is InChI=1S/C9H20ClNO3S/c1-4-11(6-5-10)15(12,13)8-7-14-9(2)3/h9H,4-8H2,1-3H3. The van der Waals surface area contributed by atoms with Crippen molar-refractivity contribution in [2.45, 2.75) is 26.9 Å². The first kappa shape index (κ1) is 15.2. The van der Waals surface area contributed by atoms with Crippen molar-refractivity contribution in [3.8, 4) is 0 Å². The molecule has 0 atom stereocenters. The average Bonchev–Trinajstić information content (AvgIpc) is 2.12. The summed E-state index contributed by atoms with van der Waals surface area (Å²) >= 11 is 5.53. The van der Waals surface area contributed by atoms with Crippen molar-refractivity contribution in [2.24, 2.45) is 0 Å². The maximum atomic E-state index is 11.7. The lowest BCUT2D eigenvalue weighted by molar-refractivity contribution is 0.0907. The van der Waals surface area contributed by atoms with E-state index < -0.39 is 10.0 Å². The molecule has 0 heterocycles. The molecule has 92 valence electrons. The van der Waals surface area contributed by atoms with Crippen LogP contribution in [0.2, 0.25) is 0 Å². The Balaban J connectivity index is 4.14. The monoisotopic (exact) mass is 257 g/mol. The second-order valence-corrected chi connectivity index (χ2v) is 5.88. The summed E-state index contributed by atoms with van der Waals surface area (Å²) in [6.45, 7) is 6.61. The molecule has 0 rings (SSSR count). The van der Waals surface area contributed by atoms with Crippen LogP contribution in [0.3, 0.4) is 0 Å². The highest BCUT2D eigenvalue weighted by atomic mass is 35.5. The Bertz CT molecular complexity index is 254. The second kappa shape index (κ2) is 7.44. The minimum absolute atomic E-state index is 0.0237. The fourth-order valence-electron chi connectivity index (χ4n) is 1.11. The lowest BCUT2D eigenvalue weighted by Crippen LogP contribution is -2.35. The summed E-state index contributed by atoms with van der Waals surface area (Å²) in [5.74, 6) is 0.341. The van der Waals surface area contributed by atoms with Crippen LogP contribution < -0.4 is 0 Å². The Morgan fingerprint density at radius 2 is 2.00 bits per heavy atom. The largest absolute Gasteiger partial charge is 0.378 e. The summed E-state index contributed by atoms with van der Waals surface area (Å²) in [6.07, 6.45) is 0.0586. The molecule has 0 aromatic carbocycles. The van der Waals surface area contributed by atoms with E-state index >= 15 is 0 Å². The second-order valence-electron chi connectivity index (χ2n) is 3.42. The summed E-state index contributed by atoms with van der Waals surface area (Å²) < 4.78 is 30.0. The van der Waals surface area contributed by atoms with Gasteiger partial charge in [-0.3, -0.25) is 0 Å². The van der Waals surface area contributed by atoms with Crippen molar-refractivity contribution in [3.05, 3.63) is 0 Å². The zero-order valence-corrected chi connectivity index (χ0v) is 11.1. The van der Waals surface area contributed by atoms with Gasteiger partial charge in [-0.1, -0.05) is 6.92 Å². The number of ether oxygens (including phenoxy) is 1. The number of alkyl halides is 1. The van der Waals surface area contributed by atoms with Gasteiger partial charge in [0.25, 0.3) is 0 Å². The van der Waals surface area contributed by atoms with Gasteiger partial charge in [0, 0.05) is 19.0 Å². The van der Waals surface area contributed by atoms with E-state index in [1.165, 1.54) is 4.31 Å². The summed E-state index contributed by atoms with van der Waals surface area (Å²) in [6, 6.07) is 0. The minimum Gasteiger partial charge on any atom is -0.378 e. The van der Waals surface area contributed by atoms with Crippen LogP contribution in [0.15, 0.2) is 0 Å². The number of rotatable bonds is 8.